The Balaban J connectivity index is 1.76. The molecule has 9 nitrogen and oxygen atoms in total. The first-order valence-corrected chi connectivity index (χ1v) is 10.4. The van der Waals surface area contributed by atoms with Gasteiger partial charge in [0.15, 0.2) is 5.82 Å². The molecular formula is C22H18F5N9. The number of rotatable bonds is 7. The molecule has 14 heteroatoms. The Morgan fingerprint density at radius 2 is 1.94 bits per heavy atom. The van der Waals surface area contributed by atoms with E-state index in [1.165, 1.54) is 16.9 Å². The summed E-state index contributed by atoms with van der Waals surface area (Å²) in [5.41, 5.74) is 7.81. The highest BCUT2D eigenvalue weighted by molar-refractivity contribution is 6.04. The molecule has 0 aliphatic carbocycles. The number of halogens is 5. The summed E-state index contributed by atoms with van der Waals surface area (Å²) >= 11 is 0. The van der Waals surface area contributed by atoms with Gasteiger partial charge in [-0.1, -0.05) is 12.1 Å². The third-order valence-corrected chi connectivity index (χ3v) is 5.32. The minimum absolute atomic E-state index is 0.00197. The van der Waals surface area contributed by atoms with Crippen LogP contribution in [0.2, 0.25) is 0 Å². The number of hydrogen-bond donors (Lipinski definition) is 3. The van der Waals surface area contributed by atoms with E-state index in [-0.39, 0.29) is 22.8 Å². The molecule has 0 amide bonds. The van der Waals surface area contributed by atoms with Crippen molar-refractivity contribution in [3.05, 3.63) is 77.4 Å². The maximum absolute atomic E-state index is 14.2. The Labute approximate surface area is 200 Å². The lowest BCUT2D eigenvalue weighted by Gasteiger charge is -2.09. The SMILES string of the molecule is CCC(c1cn(-c2ccc(F)cc2F)nn1)c1cc(-c2cnc(C(F)(F)F)nc2)c(/C(N)=N\C=N)[nH]1. The molecule has 0 bridgehead atoms. The molecule has 0 saturated carbocycles. The van der Waals surface area contributed by atoms with E-state index in [2.05, 4.69) is 30.3 Å². The molecule has 1 unspecified atom stereocenters. The van der Waals surface area contributed by atoms with Crippen molar-refractivity contribution < 1.29 is 22.0 Å². The van der Waals surface area contributed by atoms with Crippen molar-refractivity contribution in [1.29, 1.82) is 5.41 Å². The number of amidine groups is 1. The Kier molecular flexibility index (Phi) is 6.59. The Hall–Kier alpha value is -4.49. The average molecular weight is 503 g/mol. The van der Waals surface area contributed by atoms with Crippen LogP contribution in [-0.2, 0) is 6.18 Å². The molecule has 4 aromatic rings. The lowest BCUT2D eigenvalue weighted by atomic mass is 9.98. The smallest absolute Gasteiger partial charge is 0.382 e. The van der Waals surface area contributed by atoms with Crippen LogP contribution in [0.1, 0.15) is 42.2 Å². The van der Waals surface area contributed by atoms with Crippen LogP contribution in [0.3, 0.4) is 0 Å². The second kappa shape index (κ2) is 9.64. The van der Waals surface area contributed by atoms with E-state index in [0.717, 1.165) is 30.9 Å². The molecular weight excluding hydrogens is 485 g/mol. The van der Waals surface area contributed by atoms with Crippen LogP contribution >= 0.6 is 0 Å². The minimum atomic E-state index is -4.70. The zero-order chi connectivity index (χ0) is 26.0. The summed E-state index contributed by atoms with van der Waals surface area (Å²) < 4.78 is 67.3. The van der Waals surface area contributed by atoms with E-state index in [9.17, 15) is 22.0 Å². The van der Waals surface area contributed by atoms with E-state index in [1.807, 2.05) is 6.92 Å². The highest BCUT2D eigenvalue weighted by Gasteiger charge is 2.34. The maximum atomic E-state index is 14.2. The van der Waals surface area contributed by atoms with E-state index >= 15 is 0 Å². The lowest BCUT2D eigenvalue weighted by molar-refractivity contribution is -0.144. The van der Waals surface area contributed by atoms with Crippen LogP contribution < -0.4 is 5.73 Å². The summed E-state index contributed by atoms with van der Waals surface area (Å²) in [4.78, 5) is 13.6. The third-order valence-electron chi connectivity index (χ3n) is 5.32. The van der Waals surface area contributed by atoms with Crippen molar-refractivity contribution in [3.63, 3.8) is 0 Å². The number of alkyl halides is 3. The highest BCUT2D eigenvalue weighted by Crippen LogP contribution is 2.33. The third kappa shape index (κ3) is 4.82. The van der Waals surface area contributed by atoms with Gasteiger partial charge in [-0.05, 0) is 24.6 Å². The standard InChI is InChI=1S/C22H18F5N9/c1-2-13(17-9-36(35-34-17)18-4-3-12(23)5-15(18)24)16-6-14(19(33-16)20(29)32-10-28)11-7-30-21(31-8-11)22(25,26)27/h3-10,13,33H,2H2,1H3,(H3,28,29,32). The molecule has 3 heterocycles. The number of benzene rings is 1. The first-order chi connectivity index (χ1) is 17.1. The van der Waals surface area contributed by atoms with Crippen molar-refractivity contribution in [3.8, 4) is 16.8 Å². The molecule has 0 radical (unpaired) electrons. The summed E-state index contributed by atoms with van der Waals surface area (Å²) in [6.07, 6.45) is 0.0323. The number of nitrogens with one attached hydrogen (secondary N) is 2. The van der Waals surface area contributed by atoms with Gasteiger partial charge in [0, 0.05) is 41.2 Å². The molecule has 4 rings (SSSR count). The van der Waals surface area contributed by atoms with Gasteiger partial charge in [-0.2, -0.15) is 13.2 Å². The van der Waals surface area contributed by atoms with E-state index in [1.54, 1.807) is 6.07 Å². The summed E-state index contributed by atoms with van der Waals surface area (Å²) in [5, 5.41) is 15.3. The van der Waals surface area contributed by atoms with Crippen molar-refractivity contribution in [2.45, 2.75) is 25.4 Å². The average Bonchev–Trinajstić information content (AvgIpc) is 3.48. The number of H-pyrrole nitrogens is 1. The van der Waals surface area contributed by atoms with Gasteiger partial charge in [0.25, 0.3) is 0 Å². The fraction of sp³-hybridized carbons (Fsp3) is 0.182. The summed E-state index contributed by atoms with van der Waals surface area (Å²) in [7, 11) is 0. The number of aromatic amines is 1. The summed E-state index contributed by atoms with van der Waals surface area (Å²) in [6.45, 7) is 1.86. The van der Waals surface area contributed by atoms with E-state index in [4.69, 9.17) is 11.1 Å². The normalized spacial score (nSPS) is 13.1. The highest BCUT2D eigenvalue weighted by atomic mass is 19.4. The Bertz CT molecular complexity index is 1420. The van der Waals surface area contributed by atoms with Crippen LogP contribution in [0.25, 0.3) is 16.8 Å². The lowest BCUT2D eigenvalue weighted by Crippen LogP contribution is -2.16. The van der Waals surface area contributed by atoms with Gasteiger partial charge in [-0.25, -0.2) is 28.4 Å². The van der Waals surface area contributed by atoms with Crippen LogP contribution in [0, 0.1) is 17.0 Å². The number of aliphatic imine (C=N–C) groups is 1. The molecule has 36 heavy (non-hydrogen) atoms. The number of nitrogens with two attached hydrogens (primary N) is 1. The molecule has 1 aromatic carbocycles. The van der Waals surface area contributed by atoms with Gasteiger partial charge in [0.2, 0.25) is 5.82 Å². The number of hydrogen-bond acceptors (Lipinski definition) is 5. The molecule has 1 atom stereocenters. The van der Waals surface area contributed by atoms with Crippen LogP contribution in [0.5, 0.6) is 0 Å². The molecule has 0 fully saturated rings. The van der Waals surface area contributed by atoms with E-state index < -0.39 is 29.6 Å². The minimum Gasteiger partial charge on any atom is -0.382 e. The molecule has 0 aliphatic heterocycles. The summed E-state index contributed by atoms with van der Waals surface area (Å²) in [6, 6.07) is 4.70. The van der Waals surface area contributed by atoms with E-state index in [0.29, 0.717) is 23.4 Å². The largest absolute Gasteiger partial charge is 0.451 e. The monoisotopic (exact) mass is 503 g/mol. The number of nitrogens with zero attached hydrogens (tertiary/aromatic N) is 6. The van der Waals surface area contributed by atoms with Gasteiger partial charge in [-0.3, -0.25) is 5.41 Å². The number of aromatic nitrogens is 6. The molecule has 0 spiro atoms. The summed E-state index contributed by atoms with van der Waals surface area (Å²) in [5.74, 6) is -3.34. The fourth-order valence-corrected chi connectivity index (χ4v) is 3.65. The van der Waals surface area contributed by atoms with Gasteiger partial charge in [0.1, 0.15) is 23.7 Å². The van der Waals surface area contributed by atoms with Crippen LogP contribution in [-0.4, -0.2) is 42.1 Å². The quantitative estimate of drug-likeness (QED) is 0.197. The Morgan fingerprint density at radius 3 is 2.56 bits per heavy atom. The van der Waals surface area contributed by atoms with Crippen molar-refractivity contribution >= 4 is 12.2 Å². The van der Waals surface area contributed by atoms with Gasteiger partial charge in [-0.15, -0.1) is 5.10 Å². The predicted molar refractivity (Wildman–Crippen MR) is 120 cm³/mol. The van der Waals surface area contributed by atoms with Crippen LogP contribution in [0.4, 0.5) is 22.0 Å². The first kappa shape index (κ1) is 24.6. The molecule has 0 aliphatic rings. The molecule has 3 aromatic heterocycles. The van der Waals surface area contributed by atoms with Crippen LogP contribution in [0.15, 0.2) is 47.8 Å². The van der Waals surface area contributed by atoms with Crippen molar-refractivity contribution in [2.24, 2.45) is 10.7 Å². The zero-order valence-corrected chi connectivity index (χ0v) is 18.6. The molecule has 186 valence electrons. The molecule has 4 N–H and O–H groups in total. The topological polar surface area (TPSA) is 135 Å². The van der Waals surface area contributed by atoms with Gasteiger partial charge < -0.3 is 10.7 Å². The van der Waals surface area contributed by atoms with Crippen molar-refractivity contribution in [2.75, 3.05) is 0 Å². The van der Waals surface area contributed by atoms with Gasteiger partial charge in [0.05, 0.1) is 17.6 Å². The maximum Gasteiger partial charge on any atom is 0.451 e. The Morgan fingerprint density at radius 1 is 1.22 bits per heavy atom. The van der Waals surface area contributed by atoms with Gasteiger partial charge >= 0.3 is 6.18 Å². The first-order valence-electron chi connectivity index (χ1n) is 10.4. The van der Waals surface area contributed by atoms with Crippen molar-refractivity contribution in [1.82, 2.24) is 29.9 Å². The predicted octanol–water partition coefficient (Wildman–Crippen LogP) is 4.20. The second-order valence-electron chi connectivity index (χ2n) is 7.59. The molecule has 0 saturated heterocycles. The zero-order valence-electron chi connectivity index (χ0n) is 18.6. The second-order valence-corrected chi connectivity index (χ2v) is 7.59. The fourth-order valence-electron chi connectivity index (χ4n) is 3.65.